The predicted octanol–water partition coefficient (Wildman–Crippen LogP) is 36.4. The van der Waals surface area contributed by atoms with E-state index < -0.39 is 5.41 Å². The van der Waals surface area contributed by atoms with Gasteiger partial charge in [-0.3, -0.25) is 0 Å². The summed E-state index contributed by atoms with van der Waals surface area (Å²) in [4.78, 5) is 0. The van der Waals surface area contributed by atoms with Crippen LogP contribution in [-0.2, 0) is 5.41 Å². The van der Waals surface area contributed by atoms with Gasteiger partial charge in [0.15, 0.2) is 0 Å². The molecule has 0 heteroatoms. The monoisotopic (exact) mass is 1700 g/mol. The summed E-state index contributed by atoms with van der Waals surface area (Å²) in [6, 6.07) is 202. The fraction of sp³-hybridized carbons (Fsp3) is 0.0149. The third-order valence-corrected chi connectivity index (χ3v) is 27.0. The maximum Gasteiger partial charge on any atom is 0.0714 e. The van der Waals surface area contributed by atoms with Gasteiger partial charge in [-0.1, -0.05) is 406 Å². The number of fused-ring (bicyclic) bond motifs is 3. The van der Waals surface area contributed by atoms with Crippen molar-refractivity contribution in [3.63, 3.8) is 0 Å². The Morgan fingerprint density at radius 1 is 0.112 bits per heavy atom. The van der Waals surface area contributed by atoms with E-state index >= 15 is 0 Å². The van der Waals surface area contributed by atoms with Gasteiger partial charge in [-0.05, 0) is 380 Å². The van der Waals surface area contributed by atoms with E-state index in [1.165, 1.54) is 83.5 Å². The van der Waals surface area contributed by atoms with Crippen molar-refractivity contribution in [3.8, 4) is 211 Å². The van der Waals surface area contributed by atoms with E-state index in [9.17, 15) is 0 Å². The van der Waals surface area contributed by atoms with Crippen LogP contribution in [0.3, 0.4) is 0 Å². The van der Waals surface area contributed by atoms with Crippen LogP contribution < -0.4 is 0 Å². The summed E-state index contributed by atoms with van der Waals surface area (Å²) in [5.41, 5.74) is 48.3. The molecule has 0 nitrogen and oxygen atoms in total. The van der Waals surface area contributed by atoms with Crippen molar-refractivity contribution in [1.29, 1.82) is 0 Å². The molecule has 0 fully saturated rings. The Bertz CT molecular complexity index is 7100. The van der Waals surface area contributed by atoms with Crippen LogP contribution in [0, 0.1) is 6.92 Å². The highest BCUT2D eigenvalue weighted by molar-refractivity contribution is 5.99. The second-order valence-corrected chi connectivity index (χ2v) is 35.5. The van der Waals surface area contributed by atoms with E-state index in [2.05, 4.69) is 547 Å². The highest BCUT2D eigenvalue weighted by atomic mass is 14.5. The van der Waals surface area contributed by atoms with E-state index in [0.29, 0.717) is 0 Å². The van der Waals surface area contributed by atoms with Gasteiger partial charge < -0.3 is 0 Å². The first kappa shape index (κ1) is 81.3. The normalized spacial score (nSPS) is 11.8. The van der Waals surface area contributed by atoms with Crippen LogP contribution >= 0.6 is 0 Å². The van der Waals surface area contributed by atoms with E-state index in [4.69, 9.17) is 0 Å². The molecule has 23 rings (SSSR count). The first-order valence-electron chi connectivity index (χ1n) is 46.4. The van der Waals surface area contributed by atoms with Gasteiger partial charge in [0.25, 0.3) is 0 Å². The molecule has 0 spiro atoms. The van der Waals surface area contributed by atoms with Gasteiger partial charge in [0.05, 0.1) is 5.41 Å². The Kier molecular flexibility index (Phi) is 21.7. The van der Waals surface area contributed by atoms with Crippen molar-refractivity contribution in [2.75, 3.05) is 0 Å². The molecule has 0 N–H and O–H groups in total. The zero-order valence-electron chi connectivity index (χ0n) is 74.4. The maximum absolute atomic E-state index is 2.57. The van der Waals surface area contributed by atoms with Crippen molar-refractivity contribution < 1.29 is 0 Å². The minimum absolute atomic E-state index is 1.04. The Morgan fingerprint density at radius 2 is 0.284 bits per heavy atom. The molecule has 0 saturated heterocycles. The van der Waals surface area contributed by atoms with Crippen LogP contribution in [0.25, 0.3) is 211 Å². The summed E-state index contributed by atoms with van der Waals surface area (Å²) in [5, 5.41) is 0. The Hall–Kier alpha value is -17.2. The van der Waals surface area contributed by atoms with Gasteiger partial charge in [-0.15, -0.1) is 0 Å². The zero-order chi connectivity index (χ0) is 89.3. The first-order chi connectivity index (χ1) is 66.2. The molecule has 0 saturated carbocycles. The summed E-state index contributed by atoms with van der Waals surface area (Å²) in [6.07, 6.45) is 0. The van der Waals surface area contributed by atoms with Crippen LogP contribution in [0.4, 0.5) is 0 Å². The number of hydrogen-bond acceptors (Lipinski definition) is 0. The minimum Gasteiger partial charge on any atom is -0.0622 e. The van der Waals surface area contributed by atoms with Crippen LogP contribution in [0.5, 0.6) is 0 Å². The lowest BCUT2D eigenvalue weighted by Crippen LogP contribution is -2.29. The third-order valence-electron chi connectivity index (χ3n) is 27.0. The fourth-order valence-corrected chi connectivity index (χ4v) is 20.4. The molecule has 134 heavy (non-hydrogen) atoms. The topological polar surface area (TPSA) is 0 Å². The summed E-state index contributed by atoms with van der Waals surface area (Å²) in [6.45, 7) is 2.27. The quantitative estimate of drug-likeness (QED) is 0.0713. The van der Waals surface area contributed by atoms with Gasteiger partial charge in [0.2, 0.25) is 0 Å². The third kappa shape index (κ3) is 16.1. The molecule has 0 atom stereocenters. The highest BCUT2D eigenvalue weighted by Gasteiger charge is 2.48. The smallest absolute Gasteiger partial charge is 0.0622 e. The molecule has 22 aromatic rings. The SMILES string of the molecule is Cc1ccc2c(c1)-c1c(-c3cccc(-c4ccccc4)c3)cccc1C2(c1cc(-c2cccc(-c3cc(-c4ccccc4)cc(-c4ccccc4)c3)c2)cc(-c2cccc(-c3cc(-c4ccccc4)cc(-c4ccccc4)c3)c2)c1)c1cc(-c2cccc(-c3cc(-c4ccccc4)cc(-c4ccccc4)c3)c2)cc(-c2cccc(-c3cc(-c4ccccc4)cc(-c4ccccc4)c3)c2)c1. The summed E-state index contributed by atoms with van der Waals surface area (Å²) in [7, 11) is 0. The second kappa shape index (κ2) is 35.7. The molecule has 0 unspecified atom stereocenters. The summed E-state index contributed by atoms with van der Waals surface area (Å²) < 4.78 is 0. The molecular weight excluding hydrogens is 1610 g/mol. The lowest BCUT2D eigenvalue weighted by Gasteiger charge is -2.36. The maximum atomic E-state index is 2.57. The molecule has 0 bridgehead atoms. The molecule has 0 amide bonds. The van der Waals surface area contributed by atoms with Crippen molar-refractivity contribution >= 4 is 0 Å². The molecule has 1 aliphatic rings. The predicted molar refractivity (Wildman–Crippen MR) is 566 cm³/mol. The summed E-state index contributed by atoms with van der Waals surface area (Å²) >= 11 is 0. The minimum atomic E-state index is -1.04. The molecule has 1 aliphatic carbocycles. The second-order valence-electron chi connectivity index (χ2n) is 35.5. The first-order valence-corrected chi connectivity index (χ1v) is 46.4. The lowest BCUT2D eigenvalue weighted by atomic mass is 9.66. The highest BCUT2D eigenvalue weighted by Crippen LogP contribution is 2.61. The fourth-order valence-electron chi connectivity index (χ4n) is 20.4. The zero-order valence-corrected chi connectivity index (χ0v) is 74.4. The van der Waals surface area contributed by atoms with Crippen molar-refractivity contribution in [3.05, 3.63) is 568 Å². The van der Waals surface area contributed by atoms with Crippen molar-refractivity contribution in [2.45, 2.75) is 12.3 Å². The average Bonchev–Trinajstić information content (AvgIpc) is 1.52. The molecule has 0 aliphatic heterocycles. The Labute approximate surface area is 785 Å². The largest absolute Gasteiger partial charge is 0.0714 e. The number of benzene rings is 22. The molecular formula is C134H92. The standard InChI is InChI=1S/C134H92/c1-91-65-66-131-130(67-91)133-129(110-62-33-53-101(72-110)92-35-11-2-12-36-92)63-34-64-132(133)134(131,127-87-123(106-58-29-54-102(68-106)119-77-111(93-37-13-3-14-38-93)73-112(78-119)94-39-15-4-16-40-94)85-124(88-127)107-59-30-55-103(69-107)120-79-113(95-41-17-5-18-42-95)74-114(80-120)96-43-19-6-20-44-96)128-89-125(108-60-31-56-104(70-108)121-81-115(97-45-21-7-22-46-97)75-116(82-121)98-47-23-8-24-48-98)86-126(90-128)109-61-32-57-105(71-109)122-83-117(99-49-25-9-26-50-99)76-118(84-122)100-51-27-10-28-52-100/h2-90H,1H3. The Morgan fingerprint density at radius 3 is 0.522 bits per heavy atom. The van der Waals surface area contributed by atoms with Crippen molar-refractivity contribution in [1.82, 2.24) is 0 Å². The number of rotatable bonds is 20. The van der Waals surface area contributed by atoms with Gasteiger partial charge >= 0.3 is 0 Å². The van der Waals surface area contributed by atoms with Gasteiger partial charge in [0.1, 0.15) is 0 Å². The van der Waals surface area contributed by atoms with Crippen LogP contribution in [0.2, 0.25) is 0 Å². The summed E-state index contributed by atoms with van der Waals surface area (Å²) in [5.74, 6) is 0. The molecule has 22 aromatic carbocycles. The molecule has 0 radical (unpaired) electrons. The van der Waals surface area contributed by atoms with E-state index in [-0.39, 0.29) is 0 Å². The van der Waals surface area contributed by atoms with E-state index in [1.54, 1.807) is 0 Å². The lowest BCUT2D eigenvalue weighted by molar-refractivity contribution is 0.769. The van der Waals surface area contributed by atoms with Crippen LogP contribution in [-0.4, -0.2) is 0 Å². The molecule has 0 heterocycles. The van der Waals surface area contributed by atoms with E-state index in [0.717, 1.165) is 156 Å². The number of hydrogen-bond donors (Lipinski definition) is 0. The van der Waals surface area contributed by atoms with Gasteiger partial charge in [-0.2, -0.15) is 0 Å². The van der Waals surface area contributed by atoms with Gasteiger partial charge in [-0.25, -0.2) is 0 Å². The van der Waals surface area contributed by atoms with Crippen LogP contribution in [0.1, 0.15) is 27.8 Å². The molecule has 0 aromatic heterocycles. The van der Waals surface area contributed by atoms with Crippen molar-refractivity contribution in [2.24, 2.45) is 0 Å². The molecule has 628 valence electrons. The van der Waals surface area contributed by atoms with E-state index in [1.807, 2.05) is 0 Å². The Balaban J connectivity index is 0.810. The van der Waals surface area contributed by atoms with Crippen LogP contribution in [0.15, 0.2) is 540 Å². The van der Waals surface area contributed by atoms with Gasteiger partial charge in [0, 0.05) is 0 Å². The number of aryl methyl sites for hydroxylation is 1. The average molecular weight is 1700 g/mol.